The molecule has 0 saturated heterocycles. The van der Waals surface area contributed by atoms with Gasteiger partial charge in [0.05, 0.1) is 0 Å². The lowest BCUT2D eigenvalue weighted by molar-refractivity contribution is 0.174. The molecule has 1 aliphatic rings. The Hall–Kier alpha value is -2.76. The van der Waals surface area contributed by atoms with E-state index in [1.807, 2.05) is 24.3 Å². The number of fused-ring (bicyclic) bond motifs is 1. The van der Waals surface area contributed by atoms with Gasteiger partial charge in [-0.25, -0.2) is 4.98 Å². The molecule has 0 saturated carbocycles. The second-order valence-corrected chi connectivity index (χ2v) is 4.48. The highest BCUT2D eigenvalue weighted by molar-refractivity contribution is 5.46. The highest BCUT2D eigenvalue weighted by Crippen LogP contribution is 2.32. The van der Waals surface area contributed by atoms with Crippen LogP contribution in [0.3, 0.4) is 0 Å². The molecule has 0 atom stereocenters. The van der Waals surface area contributed by atoms with Crippen LogP contribution in [0.4, 0.5) is 11.8 Å². The fourth-order valence-corrected chi connectivity index (χ4v) is 1.95. The third-order valence-electron chi connectivity index (χ3n) is 2.97. The van der Waals surface area contributed by atoms with Crippen molar-refractivity contribution in [3.8, 4) is 11.5 Å². The Morgan fingerprint density at radius 2 is 2.10 bits per heavy atom. The van der Waals surface area contributed by atoms with Crippen molar-refractivity contribution in [2.75, 3.05) is 24.0 Å². The first-order chi connectivity index (χ1) is 10.3. The fourth-order valence-electron chi connectivity index (χ4n) is 1.95. The van der Waals surface area contributed by atoms with Crippen molar-refractivity contribution in [3.63, 3.8) is 0 Å². The standard InChI is InChI=1S/C15H16N4O2/c1-2-6-16-14-5-7-17-15(19-14)18-9-11-3-4-12-13(8-11)21-10-20-12/h2-5,7-8H,1,6,9-10H2,(H2,16,17,18,19). The number of hydrogen-bond acceptors (Lipinski definition) is 6. The molecule has 2 N–H and O–H groups in total. The summed E-state index contributed by atoms with van der Waals surface area (Å²) in [6.45, 7) is 5.22. The summed E-state index contributed by atoms with van der Waals surface area (Å²) in [6.07, 6.45) is 3.49. The molecule has 1 aromatic carbocycles. The van der Waals surface area contributed by atoms with Gasteiger partial charge < -0.3 is 20.1 Å². The predicted molar refractivity (Wildman–Crippen MR) is 80.6 cm³/mol. The molecule has 0 aliphatic carbocycles. The first-order valence-corrected chi connectivity index (χ1v) is 6.65. The third-order valence-corrected chi connectivity index (χ3v) is 2.97. The first-order valence-electron chi connectivity index (χ1n) is 6.65. The van der Waals surface area contributed by atoms with E-state index in [9.17, 15) is 0 Å². The van der Waals surface area contributed by atoms with Crippen molar-refractivity contribution in [3.05, 3.63) is 48.7 Å². The molecule has 0 unspecified atom stereocenters. The molecular formula is C15H16N4O2. The van der Waals surface area contributed by atoms with Crippen molar-refractivity contribution in [2.45, 2.75) is 6.54 Å². The average molecular weight is 284 g/mol. The van der Waals surface area contributed by atoms with Gasteiger partial charge in [-0.3, -0.25) is 0 Å². The van der Waals surface area contributed by atoms with Crippen LogP contribution < -0.4 is 20.1 Å². The van der Waals surface area contributed by atoms with Crippen LogP contribution >= 0.6 is 0 Å². The summed E-state index contributed by atoms with van der Waals surface area (Å²) >= 11 is 0. The maximum Gasteiger partial charge on any atom is 0.231 e. The number of benzene rings is 1. The quantitative estimate of drug-likeness (QED) is 0.794. The van der Waals surface area contributed by atoms with E-state index in [4.69, 9.17) is 9.47 Å². The van der Waals surface area contributed by atoms with Crippen LogP contribution in [0.25, 0.3) is 0 Å². The van der Waals surface area contributed by atoms with Crippen molar-refractivity contribution in [1.29, 1.82) is 0 Å². The number of rotatable bonds is 6. The lowest BCUT2D eigenvalue weighted by Crippen LogP contribution is -2.06. The van der Waals surface area contributed by atoms with Crippen molar-refractivity contribution < 1.29 is 9.47 Å². The average Bonchev–Trinajstić information content (AvgIpc) is 2.99. The highest BCUT2D eigenvalue weighted by Gasteiger charge is 2.13. The molecule has 6 nitrogen and oxygen atoms in total. The van der Waals surface area contributed by atoms with Crippen molar-refractivity contribution in [2.24, 2.45) is 0 Å². The van der Waals surface area contributed by atoms with Gasteiger partial charge in [-0.05, 0) is 23.8 Å². The summed E-state index contributed by atoms with van der Waals surface area (Å²) in [5.74, 6) is 2.89. The van der Waals surface area contributed by atoms with E-state index in [1.54, 1.807) is 12.3 Å². The molecule has 2 aromatic rings. The fraction of sp³-hybridized carbons (Fsp3) is 0.200. The minimum Gasteiger partial charge on any atom is -0.454 e. The van der Waals surface area contributed by atoms with Crippen LogP contribution in [0.5, 0.6) is 11.5 Å². The molecule has 108 valence electrons. The summed E-state index contributed by atoms with van der Waals surface area (Å²) < 4.78 is 10.6. The van der Waals surface area contributed by atoms with Crippen LogP contribution in [0.15, 0.2) is 43.1 Å². The van der Waals surface area contributed by atoms with Crippen molar-refractivity contribution in [1.82, 2.24) is 9.97 Å². The van der Waals surface area contributed by atoms with Gasteiger partial charge in [0.15, 0.2) is 11.5 Å². The number of nitrogens with one attached hydrogen (secondary N) is 2. The molecule has 21 heavy (non-hydrogen) atoms. The lowest BCUT2D eigenvalue weighted by Gasteiger charge is -2.07. The SMILES string of the molecule is C=CCNc1ccnc(NCc2ccc3c(c2)OCO3)n1. The highest BCUT2D eigenvalue weighted by atomic mass is 16.7. The van der Waals surface area contributed by atoms with Gasteiger partial charge in [0.2, 0.25) is 12.7 Å². The summed E-state index contributed by atoms with van der Waals surface area (Å²) in [6, 6.07) is 7.66. The maximum atomic E-state index is 5.35. The smallest absolute Gasteiger partial charge is 0.231 e. The minimum absolute atomic E-state index is 0.284. The largest absolute Gasteiger partial charge is 0.454 e. The zero-order chi connectivity index (χ0) is 14.5. The van der Waals surface area contributed by atoms with E-state index in [1.165, 1.54) is 0 Å². The number of hydrogen-bond donors (Lipinski definition) is 2. The molecule has 0 radical (unpaired) electrons. The van der Waals surface area contributed by atoms with Gasteiger partial charge in [0, 0.05) is 19.3 Å². The summed E-state index contributed by atoms with van der Waals surface area (Å²) in [5.41, 5.74) is 1.08. The second-order valence-electron chi connectivity index (χ2n) is 4.48. The van der Waals surface area contributed by atoms with E-state index in [2.05, 4.69) is 27.2 Å². The Morgan fingerprint density at radius 1 is 1.19 bits per heavy atom. The maximum absolute atomic E-state index is 5.35. The first kappa shape index (κ1) is 13.2. The van der Waals surface area contributed by atoms with Crippen LogP contribution in [0.2, 0.25) is 0 Å². The molecule has 2 heterocycles. The van der Waals surface area contributed by atoms with Gasteiger partial charge in [-0.2, -0.15) is 4.98 Å². The van der Waals surface area contributed by atoms with E-state index in [0.29, 0.717) is 19.0 Å². The van der Waals surface area contributed by atoms with Crippen LogP contribution in [0.1, 0.15) is 5.56 Å². The minimum atomic E-state index is 0.284. The molecule has 0 amide bonds. The normalized spacial score (nSPS) is 12.0. The van der Waals surface area contributed by atoms with Gasteiger partial charge in [-0.15, -0.1) is 6.58 Å². The predicted octanol–water partition coefficient (Wildman–Crippen LogP) is 2.42. The summed E-state index contributed by atoms with van der Waals surface area (Å²) in [4.78, 5) is 8.55. The van der Waals surface area contributed by atoms with E-state index in [-0.39, 0.29) is 6.79 Å². The Morgan fingerprint density at radius 3 is 3.00 bits per heavy atom. The molecular weight excluding hydrogens is 268 g/mol. The zero-order valence-electron chi connectivity index (χ0n) is 11.5. The van der Waals surface area contributed by atoms with Gasteiger partial charge >= 0.3 is 0 Å². The molecule has 0 fully saturated rings. The summed E-state index contributed by atoms with van der Waals surface area (Å²) in [5, 5.41) is 6.31. The van der Waals surface area contributed by atoms with Crippen LogP contribution in [-0.4, -0.2) is 23.3 Å². The lowest BCUT2D eigenvalue weighted by atomic mass is 10.2. The Kier molecular flexibility index (Phi) is 3.86. The van der Waals surface area contributed by atoms with E-state index < -0.39 is 0 Å². The van der Waals surface area contributed by atoms with Gasteiger partial charge in [0.1, 0.15) is 5.82 Å². The monoisotopic (exact) mass is 284 g/mol. The van der Waals surface area contributed by atoms with Crippen LogP contribution in [0, 0.1) is 0 Å². The molecule has 3 rings (SSSR count). The van der Waals surface area contributed by atoms with Crippen molar-refractivity contribution >= 4 is 11.8 Å². The molecule has 0 bridgehead atoms. The Labute approximate surface area is 122 Å². The number of ether oxygens (including phenoxy) is 2. The van der Waals surface area contributed by atoms with E-state index >= 15 is 0 Å². The molecule has 0 spiro atoms. The Bertz CT molecular complexity index is 645. The number of anilines is 2. The molecule has 6 heteroatoms. The topological polar surface area (TPSA) is 68.3 Å². The number of nitrogens with zero attached hydrogens (tertiary/aromatic N) is 2. The van der Waals surface area contributed by atoms with Gasteiger partial charge in [-0.1, -0.05) is 12.1 Å². The Balaban J connectivity index is 1.63. The summed E-state index contributed by atoms with van der Waals surface area (Å²) in [7, 11) is 0. The number of aromatic nitrogens is 2. The van der Waals surface area contributed by atoms with Crippen LogP contribution in [-0.2, 0) is 6.54 Å². The third kappa shape index (κ3) is 3.22. The van der Waals surface area contributed by atoms with Gasteiger partial charge in [0.25, 0.3) is 0 Å². The molecule has 1 aliphatic heterocycles. The zero-order valence-corrected chi connectivity index (χ0v) is 11.5. The second kappa shape index (κ2) is 6.13. The molecule has 1 aromatic heterocycles. The van der Waals surface area contributed by atoms with E-state index in [0.717, 1.165) is 22.9 Å².